The first-order chi connectivity index (χ1) is 11.8. The van der Waals surface area contributed by atoms with Crippen LogP contribution in [0.15, 0.2) is 24.3 Å². The van der Waals surface area contributed by atoms with Crippen LogP contribution in [0.1, 0.15) is 18.4 Å². The third-order valence-electron chi connectivity index (χ3n) is 4.02. The molecule has 25 heavy (non-hydrogen) atoms. The minimum atomic E-state index is -3.53. The summed E-state index contributed by atoms with van der Waals surface area (Å²) in [7, 11) is -2.27. The summed E-state index contributed by atoms with van der Waals surface area (Å²) in [5, 5.41) is 0. The molecule has 1 heterocycles. The van der Waals surface area contributed by atoms with Crippen molar-refractivity contribution in [3.8, 4) is 0 Å². The van der Waals surface area contributed by atoms with E-state index < -0.39 is 21.8 Å². The quantitative estimate of drug-likeness (QED) is 0.688. The van der Waals surface area contributed by atoms with E-state index in [-0.39, 0.29) is 50.7 Å². The summed E-state index contributed by atoms with van der Waals surface area (Å²) in [6.07, 6.45) is 0.0629. The molecular formula is C16H21FN2O5S. The Morgan fingerprint density at radius 2 is 1.68 bits per heavy atom. The lowest BCUT2D eigenvalue weighted by molar-refractivity contribution is -0.143. The van der Waals surface area contributed by atoms with Gasteiger partial charge in [-0.2, -0.15) is 4.31 Å². The van der Waals surface area contributed by atoms with Crippen molar-refractivity contribution in [1.82, 2.24) is 9.21 Å². The van der Waals surface area contributed by atoms with E-state index in [0.717, 1.165) is 0 Å². The number of sulfonamides is 1. The van der Waals surface area contributed by atoms with Gasteiger partial charge in [0.15, 0.2) is 0 Å². The molecule has 0 bridgehead atoms. The summed E-state index contributed by atoms with van der Waals surface area (Å²) in [6, 6.07) is 5.34. The second-order valence-corrected chi connectivity index (χ2v) is 7.71. The fourth-order valence-electron chi connectivity index (χ4n) is 2.57. The number of piperazine rings is 1. The number of esters is 1. The SMILES string of the molecule is COC(=O)CCC(=O)N1CCN(S(=O)(=O)Cc2ccc(F)cc2)CC1. The molecule has 0 saturated carbocycles. The maximum Gasteiger partial charge on any atom is 0.306 e. The number of halogens is 1. The monoisotopic (exact) mass is 372 g/mol. The van der Waals surface area contributed by atoms with E-state index in [9.17, 15) is 22.4 Å². The fraction of sp³-hybridized carbons (Fsp3) is 0.500. The Balaban J connectivity index is 1.87. The molecule has 0 aromatic heterocycles. The zero-order valence-corrected chi connectivity index (χ0v) is 14.8. The van der Waals surface area contributed by atoms with Gasteiger partial charge in [-0.1, -0.05) is 12.1 Å². The van der Waals surface area contributed by atoms with Crippen molar-refractivity contribution in [3.05, 3.63) is 35.6 Å². The highest BCUT2D eigenvalue weighted by Crippen LogP contribution is 2.15. The van der Waals surface area contributed by atoms with Gasteiger partial charge in [0, 0.05) is 32.6 Å². The summed E-state index contributed by atoms with van der Waals surface area (Å²) in [5.74, 6) is -1.26. The molecule has 7 nitrogen and oxygen atoms in total. The Bertz CT molecular complexity index is 713. The first-order valence-electron chi connectivity index (χ1n) is 7.88. The molecule has 1 fully saturated rings. The number of ether oxygens (including phenoxy) is 1. The van der Waals surface area contributed by atoms with Crippen LogP contribution in [0.5, 0.6) is 0 Å². The van der Waals surface area contributed by atoms with Crippen molar-refractivity contribution in [3.63, 3.8) is 0 Å². The molecule has 0 spiro atoms. The van der Waals surface area contributed by atoms with Crippen LogP contribution in [-0.2, 0) is 30.1 Å². The number of rotatable bonds is 6. The van der Waals surface area contributed by atoms with Gasteiger partial charge in [-0.15, -0.1) is 0 Å². The zero-order valence-electron chi connectivity index (χ0n) is 14.0. The second-order valence-electron chi connectivity index (χ2n) is 5.74. The van der Waals surface area contributed by atoms with E-state index in [1.54, 1.807) is 4.90 Å². The van der Waals surface area contributed by atoms with Crippen molar-refractivity contribution in [2.45, 2.75) is 18.6 Å². The highest BCUT2D eigenvalue weighted by Gasteiger charge is 2.29. The van der Waals surface area contributed by atoms with Gasteiger partial charge in [0.1, 0.15) is 5.82 Å². The minimum absolute atomic E-state index is 0.0123. The molecule has 138 valence electrons. The van der Waals surface area contributed by atoms with Gasteiger partial charge in [0.2, 0.25) is 15.9 Å². The van der Waals surface area contributed by atoms with Crippen LogP contribution >= 0.6 is 0 Å². The minimum Gasteiger partial charge on any atom is -0.469 e. The number of carbonyl (C=O) groups excluding carboxylic acids is 2. The summed E-state index contributed by atoms with van der Waals surface area (Å²) in [5.41, 5.74) is 0.512. The van der Waals surface area contributed by atoms with Crippen molar-refractivity contribution < 1.29 is 27.1 Å². The van der Waals surface area contributed by atoms with Gasteiger partial charge in [0.05, 0.1) is 19.3 Å². The molecule has 0 atom stereocenters. The van der Waals surface area contributed by atoms with Crippen LogP contribution < -0.4 is 0 Å². The first-order valence-corrected chi connectivity index (χ1v) is 9.49. The van der Waals surface area contributed by atoms with Crippen LogP contribution in [0, 0.1) is 5.82 Å². The van der Waals surface area contributed by atoms with E-state index in [2.05, 4.69) is 4.74 Å². The summed E-state index contributed by atoms with van der Waals surface area (Å²) in [4.78, 5) is 24.6. The second kappa shape index (κ2) is 8.39. The summed E-state index contributed by atoms with van der Waals surface area (Å²) < 4.78 is 43.6. The van der Waals surface area contributed by atoms with Gasteiger partial charge >= 0.3 is 5.97 Å². The molecule has 1 aliphatic heterocycles. The van der Waals surface area contributed by atoms with Gasteiger partial charge in [-0.25, -0.2) is 12.8 Å². The lowest BCUT2D eigenvalue weighted by Gasteiger charge is -2.34. The van der Waals surface area contributed by atoms with Crippen LogP contribution in [0.25, 0.3) is 0 Å². The highest BCUT2D eigenvalue weighted by atomic mass is 32.2. The largest absolute Gasteiger partial charge is 0.469 e. The Labute approximate surface area is 146 Å². The molecule has 0 N–H and O–H groups in total. The lowest BCUT2D eigenvalue weighted by Crippen LogP contribution is -2.50. The first kappa shape index (κ1) is 19.3. The standard InChI is InChI=1S/C16H21FN2O5S/c1-24-16(21)7-6-15(20)18-8-10-19(11-9-18)25(22,23)12-13-2-4-14(17)5-3-13/h2-5H,6-12H2,1H3. The van der Waals surface area contributed by atoms with Crippen LogP contribution in [-0.4, -0.2) is 62.8 Å². The summed E-state index contributed by atoms with van der Waals surface area (Å²) >= 11 is 0. The van der Waals surface area contributed by atoms with E-state index in [1.807, 2.05) is 0 Å². The number of amides is 1. The number of nitrogens with zero attached hydrogens (tertiary/aromatic N) is 2. The molecule has 1 amide bonds. The molecule has 0 unspecified atom stereocenters. The molecule has 9 heteroatoms. The van der Waals surface area contributed by atoms with Crippen molar-refractivity contribution in [1.29, 1.82) is 0 Å². The summed E-state index contributed by atoms with van der Waals surface area (Å²) in [6.45, 7) is 0.965. The Morgan fingerprint density at radius 1 is 1.08 bits per heavy atom. The molecule has 1 aromatic carbocycles. The van der Waals surface area contributed by atoms with Crippen LogP contribution in [0.2, 0.25) is 0 Å². The molecule has 0 radical (unpaired) electrons. The lowest BCUT2D eigenvalue weighted by atomic mass is 10.2. The number of hydrogen-bond acceptors (Lipinski definition) is 5. The van der Waals surface area contributed by atoms with Crippen LogP contribution in [0.3, 0.4) is 0 Å². The number of hydrogen-bond donors (Lipinski definition) is 0. The van der Waals surface area contributed by atoms with Gasteiger partial charge < -0.3 is 9.64 Å². The Morgan fingerprint density at radius 3 is 2.24 bits per heavy atom. The maximum atomic E-state index is 12.9. The van der Waals surface area contributed by atoms with E-state index in [1.165, 1.54) is 35.7 Å². The average molecular weight is 372 g/mol. The predicted molar refractivity (Wildman–Crippen MR) is 88.4 cm³/mol. The van der Waals surface area contributed by atoms with E-state index >= 15 is 0 Å². The molecule has 1 saturated heterocycles. The smallest absolute Gasteiger partial charge is 0.306 e. The highest BCUT2D eigenvalue weighted by molar-refractivity contribution is 7.88. The normalized spacial score (nSPS) is 15.8. The van der Waals surface area contributed by atoms with E-state index in [0.29, 0.717) is 5.56 Å². The topological polar surface area (TPSA) is 84.0 Å². The van der Waals surface area contributed by atoms with Gasteiger partial charge in [-0.3, -0.25) is 9.59 Å². The third-order valence-corrected chi connectivity index (χ3v) is 5.87. The molecule has 2 rings (SSSR count). The van der Waals surface area contributed by atoms with Crippen molar-refractivity contribution in [2.75, 3.05) is 33.3 Å². The number of carbonyl (C=O) groups is 2. The molecular weight excluding hydrogens is 351 g/mol. The third kappa shape index (κ3) is 5.50. The fourth-order valence-corrected chi connectivity index (χ4v) is 4.08. The van der Waals surface area contributed by atoms with Crippen molar-refractivity contribution in [2.24, 2.45) is 0 Å². The van der Waals surface area contributed by atoms with Gasteiger partial charge in [-0.05, 0) is 17.7 Å². The van der Waals surface area contributed by atoms with Crippen LogP contribution in [0.4, 0.5) is 4.39 Å². The number of benzene rings is 1. The van der Waals surface area contributed by atoms with Gasteiger partial charge in [0.25, 0.3) is 0 Å². The Kier molecular flexibility index (Phi) is 6.49. The predicted octanol–water partition coefficient (Wildman–Crippen LogP) is 0.753. The zero-order chi connectivity index (χ0) is 18.4. The molecule has 1 aromatic rings. The Hall–Kier alpha value is -2.00. The van der Waals surface area contributed by atoms with Crippen molar-refractivity contribution >= 4 is 21.9 Å². The molecule has 0 aliphatic carbocycles. The maximum absolute atomic E-state index is 12.9. The average Bonchev–Trinajstić information content (AvgIpc) is 2.61. The number of methoxy groups -OCH3 is 1. The molecule has 1 aliphatic rings. The van der Waals surface area contributed by atoms with E-state index in [4.69, 9.17) is 0 Å².